The van der Waals surface area contributed by atoms with Gasteiger partial charge < -0.3 is 5.32 Å². The van der Waals surface area contributed by atoms with Gasteiger partial charge in [0.2, 0.25) is 0 Å². The number of hydrogen-bond acceptors (Lipinski definition) is 5. The predicted molar refractivity (Wildman–Crippen MR) is 104 cm³/mol. The first-order valence-electron chi connectivity index (χ1n) is 7.76. The van der Waals surface area contributed by atoms with Crippen molar-refractivity contribution in [1.82, 2.24) is 20.6 Å². The Bertz CT molecular complexity index is 756. The topological polar surface area (TPSA) is 99.8 Å². The Labute approximate surface area is 164 Å². The van der Waals surface area contributed by atoms with Crippen molar-refractivity contribution in [2.24, 2.45) is 5.92 Å². The lowest BCUT2D eigenvalue weighted by Gasteiger charge is -2.16. The third-order valence-electron chi connectivity index (χ3n) is 3.37. The first kappa shape index (κ1) is 22.6. The van der Waals surface area contributed by atoms with E-state index < -0.39 is 15.9 Å². The average Bonchev–Trinajstić information content (AvgIpc) is 2.58. The highest BCUT2D eigenvalue weighted by molar-refractivity contribution is 7.89. The van der Waals surface area contributed by atoms with E-state index in [1.54, 1.807) is 0 Å². The van der Waals surface area contributed by atoms with Gasteiger partial charge in [0.1, 0.15) is 0 Å². The second kappa shape index (κ2) is 10.0. The molecule has 0 aliphatic rings. The summed E-state index contributed by atoms with van der Waals surface area (Å²) < 4.78 is 25.2. The number of amides is 1. The Kier molecular flexibility index (Phi) is 8.71. The molecule has 0 heterocycles. The Hall–Kier alpha value is -1.46. The SMILES string of the molecule is CON(C)S(=O)(=O)c1ccc(Cl)c(C(=O)NNC(=S)NCCC(C)C)c1. The summed E-state index contributed by atoms with van der Waals surface area (Å²) in [4.78, 5) is 16.9. The van der Waals surface area contributed by atoms with E-state index in [4.69, 9.17) is 28.7 Å². The molecule has 0 aliphatic heterocycles. The molecule has 0 saturated heterocycles. The van der Waals surface area contributed by atoms with Crippen molar-refractivity contribution in [2.45, 2.75) is 25.2 Å². The van der Waals surface area contributed by atoms with Crippen molar-refractivity contribution in [3.05, 3.63) is 28.8 Å². The molecule has 11 heteroatoms. The number of sulfonamides is 1. The van der Waals surface area contributed by atoms with Gasteiger partial charge in [-0.2, -0.15) is 0 Å². The molecule has 1 amide bonds. The van der Waals surface area contributed by atoms with Gasteiger partial charge in [-0.15, -0.1) is 0 Å². The van der Waals surface area contributed by atoms with Crippen LogP contribution in [0.5, 0.6) is 0 Å². The number of rotatable bonds is 7. The minimum absolute atomic E-state index is 0.0188. The van der Waals surface area contributed by atoms with Crippen LogP contribution >= 0.6 is 23.8 Å². The molecular weight excluding hydrogens is 400 g/mol. The van der Waals surface area contributed by atoms with E-state index in [9.17, 15) is 13.2 Å². The molecule has 0 aromatic heterocycles. The number of benzene rings is 1. The summed E-state index contributed by atoms with van der Waals surface area (Å²) in [6.07, 6.45) is 0.925. The fourth-order valence-electron chi connectivity index (χ4n) is 1.78. The first-order chi connectivity index (χ1) is 12.1. The Morgan fingerprint density at radius 1 is 1.35 bits per heavy atom. The van der Waals surface area contributed by atoms with Gasteiger partial charge in [-0.05, 0) is 42.8 Å². The maximum absolute atomic E-state index is 12.3. The molecule has 0 aliphatic carbocycles. The molecule has 146 valence electrons. The lowest BCUT2D eigenvalue weighted by Crippen LogP contribution is -2.47. The number of halogens is 1. The molecule has 0 unspecified atom stereocenters. The van der Waals surface area contributed by atoms with Gasteiger partial charge in [0.25, 0.3) is 15.9 Å². The highest BCUT2D eigenvalue weighted by atomic mass is 35.5. The molecule has 0 spiro atoms. The van der Waals surface area contributed by atoms with Crippen LogP contribution in [-0.2, 0) is 14.9 Å². The first-order valence-corrected chi connectivity index (χ1v) is 9.99. The normalized spacial score (nSPS) is 11.5. The fraction of sp³-hybridized carbons (Fsp3) is 0.467. The van der Waals surface area contributed by atoms with E-state index in [1.807, 2.05) is 0 Å². The van der Waals surface area contributed by atoms with Gasteiger partial charge in [-0.25, -0.2) is 8.42 Å². The number of carbonyl (C=O) groups is 1. The monoisotopic (exact) mass is 422 g/mol. The molecule has 26 heavy (non-hydrogen) atoms. The number of hydrogen-bond donors (Lipinski definition) is 3. The van der Waals surface area contributed by atoms with E-state index in [1.165, 1.54) is 32.4 Å². The fourth-order valence-corrected chi connectivity index (χ4v) is 3.14. The highest BCUT2D eigenvalue weighted by Crippen LogP contribution is 2.22. The van der Waals surface area contributed by atoms with Crippen LogP contribution in [0.3, 0.4) is 0 Å². The smallest absolute Gasteiger partial charge is 0.271 e. The van der Waals surface area contributed by atoms with Gasteiger partial charge in [-0.1, -0.05) is 29.9 Å². The minimum atomic E-state index is -3.90. The number of thiocarbonyl (C=S) groups is 1. The molecule has 0 radical (unpaired) electrons. The van der Waals surface area contributed by atoms with Crippen LogP contribution in [0, 0.1) is 5.92 Å². The van der Waals surface area contributed by atoms with Gasteiger partial charge in [0.05, 0.1) is 22.6 Å². The lowest BCUT2D eigenvalue weighted by molar-refractivity contribution is -0.0258. The molecule has 8 nitrogen and oxygen atoms in total. The Morgan fingerprint density at radius 3 is 2.58 bits per heavy atom. The van der Waals surface area contributed by atoms with E-state index >= 15 is 0 Å². The summed E-state index contributed by atoms with van der Waals surface area (Å²) in [5, 5.41) is 3.29. The average molecular weight is 423 g/mol. The van der Waals surface area contributed by atoms with Crippen LogP contribution in [0.4, 0.5) is 0 Å². The van der Waals surface area contributed by atoms with Gasteiger partial charge in [-0.3, -0.25) is 20.5 Å². The summed E-state index contributed by atoms with van der Waals surface area (Å²) in [6.45, 7) is 4.84. The summed E-state index contributed by atoms with van der Waals surface area (Å²) in [5.74, 6) is -0.103. The van der Waals surface area contributed by atoms with Crippen LogP contribution < -0.4 is 16.2 Å². The molecule has 0 bridgehead atoms. The van der Waals surface area contributed by atoms with Crippen LogP contribution in [0.2, 0.25) is 5.02 Å². The van der Waals surface area contributed by atoms with E-state index in [0.717, 1.165) is 6.42 Å². The van der Waals surface area contributed by atoms with E-state index in [2.05, 4.69) is 30.0 Å². The third kappa shape index (κ3) is 6.36. The second-order valence-electron chi connectivity index (χ2n) is 5.76. The predicted octanol–water partition coefficient (Wildman–Crippen LogP) is 1.68. The Morgan fingerprint density at radius 2 is 2.00 bits per heavy atom. The number of nitrogens with zero attached hydrogens (tertiary/aromatic N) is 1. The maximum atomic E-state index is 12.3. The maximum Gasteiger partial charge on any atom is 0.271 e. The molecule has 0 saturated carbocycles. The zero-order chi connectivity index (χ0) is 19.9. The second-order valence-corrected chi connectivity index (χ2v) is 8.51. The third-order valence-corrected chi connectivity index (χ3v) is 5.62. The summed E-state index contributed by atoms with van der Waals surface area (Å²) in [5.41, 5.74) is 4.92. The molecular formula is C15H23ClN4O4S2. The molecule has 0 atom stereocenters. The minimum Gasteiger partial charge on any atom is -0.361 e. The van der Waals surface area contributed by atoms with Crippen molar-refractivity contribution in [2.75, 3.05) is 20.7 Å². The molecule has 1 rings (SSSR count). The van der Waals surface area contributed by atoms with Crippen LogP contribution in [0.25, 0.3) is 0 Å². The molecule has 1 aromatic rings. The van der Waals surface area contributed by atoms with Crippen molar-refractivity contribution in [3.63, 3.8) is 0 Å². The van der Waals surface area contributed by atoms with Crippen molar-refractivity contribution in [1.29, 1.82) is 0 Å². The highest BCUT2D eigenvalue weighted by Gasteiger charge is 2.23. The quantitative estimate of drug-likeness (QED) is 0.454. The lowest BCUT2D eigenvalue weighted by atomic mass is 10.1. The Balaban J connectivity index is 2.81. The van der Waals surface area contributed by atoms with Crippen molar-refractivity contribution < 1.29 is 18.0 Å². The summed E-state index contributed by atoms with van der Waals surface area (Å²) in [6, 6.07) is 3.78. The molecule has 1 aromatic carbocycles. The van der Waals surface area contributed by atoms with Gasteiger partial charge in [0, 0.05) is 13.6 Å². The summed E-state index contributed by atoms with van der Waals surface area (Å²) >= 11 is 11.1. The van der Waals surface area contributed by atoms with Crippen LogP contribution in [-0.4, -0.2) is 44.6 Å². The standard InChI is InChI=1S/C15H23ClN4O4S2/c1-10(2)7-8-17-15(25)19-18-14(21)12-9-11(5-6-13(12)16)26(22,23)20(3)24-4/h5-6,9-10H,7-8H2,1-4H3,(H,18,21)(H2,17,19,25). The van der Waals surface area contributed by atoms with E-state index in [0.29, 0.717) is 16.9 Å². The summed E-state index contributed by atoms with van der Waals surface area (Å²) in [7, 11) is -1.44. The van der Waals surface area contributed by atoms with E-state index in [-0.39, 0.29) is 20.6 Å². The largest absolute Gasteiger partial charge is 0.361 e. The van der Waals surface area contributed by atoms with Gasteiger partial charge >= 0.3 is 0 Å². The van der Waals surface area contributed by atoms with Crippen LogP contribution in [0.1, 0.15) is 30.6 Å². The van der Waals surface area contributed by atoms with Crippen LogP contribution in [0.15, 0.2) is 23.1 Å². The zero-order valence-electron chi connectivity index (χ0n) is 15.0. The van der Waals surface area contributed by atoms with Crippen molar-refractivity contribution in [3.8, 4) is 0 Å². The zero-order valence-corrected chi connectivity index (χ0v) is 17.4. The number of hydrazine groups is 1. The molecule has 3 N–H and O–H groups in total. The molecule has 0 fully saturated rings. The van der Waals surface area contributed by atoms with Gasteiger partial charge in [0.15, 0.2) is 5.11 Å². The number of hydroxylamine groups is 1. The number of carbonyl (C=O) groups excluding carboxylic acids is 1. The van der Waals surface area contributed by atoms with Crippen molar-refractivity contribution >= 4 is 44.9 Å². The number of nitrogens with one attached hydrogen (secondary N) is 3.